The zero-order valence-corrected chi connectivity index (χ0v) is 20.2. The molecule has 1 aliphatic heterocycles. The van der Waals surface area contributed by atoms with Crippen LogP contribution in [0.1, 0.15) is 26.1 Å². The molecule has 2 amide bonds. The number of anilines is 3. The summed E-state index contributed by atoms with van der Waals surface area (Å²) in [5.41, 5.74) is 2.21. The normalized spacial score (nSPS) is 13.6. The van der Waals surface area contributed by atoms with E-state index in [1.165, 1.54) is 0 Å². The number of urea groups is 1. The summed E-state index contributed by atoms with van der Waals surface area (Å²) in [6, 6.07) is 11.1. The summed E-state index contributed by atoms with van der Waals surface area (Å²) in [6.45, 7) is 8.03. The van der Waals surface area contributed by atoms with Gasteiger partial charge in [-0.05, 0) is 49.4 Å². The maximum Gasteiger partial charge on any atom is 0.323 e. The van der Waals surface area contributed by atoms with Crippen LogP contribution in [0.15, 0.2) is 48.8 Å². The van der Waals surface area contributed by atoms with Crippen LogP contribution in [-0.4, -0.2) is 64.9 Å². The van der Waals surface area contributed by atoms with Crippen LogP contribution >= 0.6 is 0 Å². The third-order valence-electron chi connectivity index (χ3n) is 5.43. The van der Waals surface area contributed by atoms with Gasteiger partial charge in [0.25, 0.3) is 0 Å². The summed E-state index contributed by atoms with van der Waals surface area (Å²) >= 11 is 0. The molecule has 0 spiro atoms. The number of hydrogen-bond acceptors (Lipinski definition) is 8. The number of ether oxygens (including phenoxy) is 1. The summed E-state index contributed by atoms with van der Waals surface area (Å²) in [4.78, 5) is 32.6. The number of rotatable bonds is 9. The molecule has 4 rings (SSSR count). The Bertz CT molecular complexity index is 1090. The number of morpholine rings is 1. The van der Waals surface area contributed by atoms with Crippen LogP contribution in [0.5, 0.6) is 0 Å². The number of benzene rings is 1. The molecule has 3 N–H and O–H groups in total. The molecule has 1 aliphatic rings. The monoisotopic (exact) mass is 476 g/mol. The Hall–Kier alpha value is -3.63. The van der Waals surface area contributed by atoms with Gasteiger partial charge in [-0.1, -0.05) is 13.8 Å². The summed E-state index contributed by atoms with van der Waals surface area (Å²) in [5, 5.41) is 9.05. The van der Waals surface area contributed by atoms with Crippen molar-refractivity contribution in [2.45, 2.75) is 32.7 Å². The molecule has 10 nitrogen and oxygen atoms in total. The van der Waals surface area contributed by atoms with Gasteiger partial charge in [-0.15, -0.1) is 0 Å². The average molecular weight is 477 g/mol. The second kappa shape index (κ2) is 12.2. The summed E-state index contributed by atoms with van der Waals surface area (Å²) < 4.78 is 5.49. The number of pyridine rings is 1. The first-order chi connectivity index (χ1) is 17.1. The molecule has 1 fully saturated rings. The molecule has 0 atom stereocenters. The number of aryl methyl sites for hydroxylation is 1. The van der Waals surface area contributed by atoms with E-state index in [-0.39, 0.29) is 6.03 Å². The Labute approximate surface area is 205 Å². The van der Waals surface area contributed by atoms with Crippen molar-refractivity contribution in [1.82, 2.24) is 25.3 Å². The van der Waals surface area contributed by atoms with E-state index in [2.05, 4.69) is 39.7 Å². The number of carbonyl (C=O) groups excluding carboxylic acids is 1. The minimum atomic E-state index is -0.323. The topological polar surface area (TPSA) is 117 Å². The number of nitrogens with zero attached hydrogens (tertiary/aromatic N) is 5. The molecule has 0 radical (unpaired) electrons. The Kier molecular flexibility index (Phi) is 8.53. The van der Waals surface area contributed by atoms with Crippen LogP contribution in [0.3, 0.4) is 0 Å². The highest BCUT2D eigenvalue weighted by molar-refractivity contribution is 5.99. The first-order valence-corrected chi connectivity index (χ1v) is 12.0. The highest BCUT2D eigenvalue weighted by Gasteiger charge is 2.17. The number of aromatic nitrogens is 4. The Morgan fingerprint density at radius 2 is 1.66 bits per heavy atom. The number of hydrogen-bond donors (Lipinski definition) is 3. The molecule has 0 bridgehead atoms. The Morgan fingerprint density at radius 3 is 2.34 bits per heavy atom. The van der Waals surface area contributed by atoms with Crippen molar-refractivity contribution in [3.63, 3.8) is 0 Å². The molecule has 1 saturated heterocycles. The standard InChI is InChI=1S/C25H32N8O2/c1-18(2)27-11-3-4-22-30-23(32-24(31-22)33-14-16-35-17-15-33)19-5-7-20(8-6-19)28-25(34)29-21-9-12-26-13-10-21/h5-10,12-13,18,27H,3-4,11,14-17H2,1-2H3,(H2,26,28,29,34). The molecule has 3 aromatic rings. The van der Waals surface area contributed by atoms with Gasteiger partial charge in [-0.2, -0.15) is 9.97 Å². The van der Waals surface area contributed by atoms with Crippen molar-refractivity contribution >= 4 is 23.4 Å². The van der Waals surface area contributed by atoms with Gasteiger partial charge in [-0.25, -0.2) is 9.78 Å². The lowest BCUT2D eigenvalue weighted by molar-refractivity contribution is 0.122. The summed E-state index contributed by atoms with van der Waals surface area (Å²) in [6.07, 6.45) is 4.96. The van der Waals surface area contributed by atoms with Gasteiger partial charge in [-0.3, -0.25) is 4.98 Å². The molecule has 184 valence electrons. The molecular formula is C25H32N8O2. The second-order valence-corrected chi connectivity index (χ2v) is 8.58. The number of amides is 2. The van der Waals surface area contributed by atoms with Crippen LogP contribution < -0.4 is 20.9 Å². The number of nitrogens with one attached hydrogen (secondary N) is 3. The van der Waals surface area contributed by atoms with Gasteiger partial charge in [0.15, 0.2) is 5.82 Å². The molecule has 0 aliphatic carbocycles. The lowest BCUT2D eigenvalue weighted by Gasteiger charge is -2.27. The molecule has 0 unspecified atom stereocenters. The van der Waals surface area contributed by atoms with Crippen molar-refractivity contribution < 1.29 is 9.53 Å². The van der Waals surface area contributed by atoms with Crippen molar-refractivity contribution in [2.75, 3.05) is 48.4 Å². The van der Waals surface area contributed by atoms with Crippen molar-refractivity contribution in [1.29, 1.82) is 0 Å². The minimum Gasteiger partial charge on any atom is -0.378 e. The molecule has 0 saturated carbocycles. The van der Waals surface area contributed by atoms with Crippen LogP contribution in [-0.2, 0) is 11.2 Å². The van der Waals surface area contributed by atoms with Gasteiger partial charge in [0.05, 0.1) is 13.2 Å². The van der Waals surface area contributed by atoms with E-state index in [1.54, 1.807) is 24.5 Å². The van der Waals surface area contributed by atoms with Gasteiger partial charge in [0.2, 0.25) is 5.95 Å². The van der Waals surface area contributed by atoms with E-state index in [4.69, 9.17) is 19.7 Å². The fourth-order valence-corrected chi connectivity index (χ4v) is 3.62. The summed E-state index contributed by atoms with van der Waals surface area (Å²) in [7, 11) is 0. The third-order valence-corrected chi connectivity index (χ3v) is 5.43. The average Bonchev–Trinajstić information content (AvgIpc) is 2.88. The van der Waals surface area contributed by atoms with E-state index in [0.29, 0.717) is 42.4 Å². The zero-order valence-electron chi connectivity index (χ0n) is 20.2. The van der Waals surface area contributed by atoms with E-state index >= 15 is 0 Å². The first-order valence-electron chi connectivity index (χ1n) is 12.0. The Balaban J connectivity index is 1.47. The van der Waals surface area contributed by atoms with E-state index < -0.39 is 0 Å². The molecule has 35 heavy (non-hydrogen) atoms. The van der Waals surface area contributed by atoms with Gasteiger partial charge >= 0.3 is 6.03 Å². The quantitative estimate of drug-likeness (QED) is 0.403. The molecule has 2 aromatic heterocycles. The van der Waals surface area contributed by atoms with Crippen LogP contribution in [0.2, 0.25) is 0 Å². The molecular weight excluding hydrogens is 444 g/mol. The third kappa shape index (κ3) is 7.43. The maximum absolute atomic E-state index is 12.3. The fraction of sp³-hybridized carbons (Fsp3) is 0.400. The predicted octanol–water partition coefficient (Wildman–Crippen LogP) is 3.34. The van der Waals surface area contributed by atoms with Crippen molar-refractivity contribution in [2.24, 2.45) is 0 Å². The lowest BCUT2D eigenvalue weighted by atomic mass is 10.2. The molecule has 3 heterocycles. The highest BCUT2D eigenvalue weighted by atomic mass is 16.5. The van der Waals surface area contributed by atoms with Gasteiger partial charge in [0.1, 0.15) is 5.82 Å². The smallest absolute Gasteiger partial charge is 0.323 e. The van der Waals surface area contributed by atoms with E-state index in [9.17, 15) is 4.79 Å². The van der Waals surface area contributed by atoms with Crippen LogP contribution in [0, 0.1) is 0 Å². The second-order valence-electron chi connectivity index (χ2n) is 8.58. The lowest BCUT2D eigenvalue weighted by Crippen LogP contribution is -2.37. The summed E-state index contributed by atoms with van der Waals surface area (Å²) in [5.74, 6) is 2.09. The SMILES string of the molecule is CC(C)NCCCc1nc(-c2ccc(NC(=O)Nc3ccncc3)cc2)nc(N2CCOCC2)n1. The fourth-order valence-electron chi connectivity index (χ4n) is 3.62. The van der Waals surface area contributed by atoms with Crippen molar-refractivity contribution in [3.8, 4) is 11.4 Å². The maximum atomic E-state index is 12.3. The number of carbonyl (C=O) groups is 1. The first kappa shape index (κ1) is 24.5. The van der Waals surface area contributed by atoms with E-state index in [1.807, 2.05) is 24.3 Å². The van der Waals surface area contributed by atoms with E-state index in [0.717, 1.165) is 43.9 Å². The van der Waals surface area contributed by atoms with Crippen molar-refractivity contribution in [3.05, 3.63) is 54.6 Å². The Morgan fingerprint density at radius 1 is 0.971 bits per heavy atom. The zero-order chi connectivity index (χ0) is 24.5. The van der Waals surface area contributed by atoms with Gasteiger partial charge in [0, 0.05) is 54.9 Å². The predicted molar refractivity (Wildman–Crippen MR) is 137 cm³/mol. The highest BCUT2D eigenvalue weighted by Crippen LogP contribution is 2.21. The molecule has 10 heteroatoms. The minimum absolute atomic E-state index is 0.323. The largest absolute Gasteiger partial charge is 0.378 e. The van der Waals surface area contributed by atoms with Crippen LogP contribution in [0.25, 0.3) is 11.4 Å². The van der Waals surface area contributed by atoms with Gasteiger partial charge < -0.3 is 25.6 Å². The molecule has 1 aromatic carbocycles. The van der Waals surface area contributed by atoms with Crippen LogP contribution in [0.4, 0.5) is 22.1 Å².